The van der Waals surface area contributed by atoms with Crippen LogP contribution < -0.4 is 20.5 Å². The molecule has 0 fully saturated rings. The number of halogens is 6. The number of nitrogens with two attached hydrogens (primary N) is 1. The molecular weight excluding hydrogens is 500 g/mol. The van der Waals surface area contributed by atoms with Gasteiger partial charge in [0, 0.05) is 0 Å². The van der Waals surface area contributed by atoms with E-state index in [4.69, 9.17) is 10.5 Å². The van der Waals surface area contributed by atoms with Crippen LogP contribution in [0.5, 0.6) is 11.5 Å². The number of nitrogens with one attached hydrogen (secondary N) is 1. The fourth-order valence-corrected chi connectivity index (χ4v) is 2.03. The lowest BCUT2D eigenvalue weighted by molar-refractivity contribution is -0.274. The van der Waals surface area contributed by atoms with E-state index in [9.17, 15) is 22.0 Å². The molecule has 0 atom stereocenters. The van der Waals surface area contributed by atoms with Crippen LogP contribution in [-0.4, -0.2) is 25.4 Å². The standard InChI is InChI=1S/C17H16F5N3O2.HI/c18-15(19)10-26-12-5-3-4-11(8-12)9-24-16(23)25-13-6-1-2-7-14(13)27-17(20,21)22;/h1-8,15H,9-10H2,(H3,23,24,25);1H. The molecule has 0 aliphatic carbocycles. The maximum atomic E-state index is 12.4. The molecule has 0 radical (unpaired) electrons. The molecule has 0 saturated carbocycles. The van der Waals surface area contributed by atoms with Crippen LogP contribution >= 0.6 is 24.0 Å². The molecule has 0 aliphatic rings. The summed E-state index contributed by atoms with van der Waals surface area (Å²) in [5.41, 5.74) is 6.30. The third kappa shape index (κ3) is 8.59. The molecule has 0 aromatic heterocycles. The first-order valence-corrected chi connectivity index (χ1v) is 7.64. The fraction of sp³-hybridized carbons (Fsp3) is 0.235. The smallest absolute Gasteiger partial charge is 0.488 e. The van der Waals surface area contributed by atoms with Crippen LogP contribution in [0.1, 0.15) is 5.56 Å². The number of guanidine groups is 1. The summed E-state index contributed by atoms with van der Waals surface area (Å²) < 4.78 is 70.4. The zero-order valence-corrected chi connectivity index (χ0v) is 16.6. The summed E-state index contributed by atoms with van der Waals surface area (Å²) in [5, 5.41) is 2.53. The average Bonchev–Trinajstić information content (AvgIpc) is 2.59. The van der Waals surface area contributed by atoms with Crippen molar-refractivity contribution in [2.45, 2.75) is 19.3 Å². The summed E-state index contributed by atoms with van der Waals surface area (Å²) in [6.45, 7) is -0.667. The minimum atomic E-state index is -4.84. The Morgan fingerprint density at radius 3 is 2.50 bits per heavy atom. The van der Waals surface area contributed by atoms with Gasteiger partial charge in [-0.3, -0.25) is 0 Å². The maximum absolute atomic E-state index is 12.4. The van der Waals surface area contributed by atoms with E-state index in [-0.39, 0.29) is 47.9 Å². The summed E-state index contributed by atoms with van der Waals surface area (Å²) in [6, 6.07) is 11.7. The lowest BCUT2D eigenvalue weighted by atomic mass is 10.2. The normalized spacial score (nSPS) is 11.7. The summed E-state index contributed by atoms with van der Waals surface area (Å²) >= 11 is 0. The van der Waals surface area contributed by atoms with Crippen molar-refractivity contribution in [1.82, 2.24) is 0 Å². The third-order valence-electron chi connectivity index (χ3n) is 3.08. The number of benzene rings is 2. The van der Waals surface area contributed by atoms with Crippen LogP contribution in [0.2, 0.25) is 0 Å². The van der Waals surface area contributed by atoms with Gasteiger partial charge in [0.15, 0.2) is 11.7 Å². The topological polar surface area (TPSA) is 68.9 Å². The van der Waals surface area contributed by atoms with E-state index in [1.54, 1.807) is 12.1 Å². The number of nitrogens with zero attached hydrogens (tertiary/aromatic N) is 1. The van der Waals surface area contributed by atoms with E-state index < -0.39 is 25.1 Å². The highest BCUT2D eigenvalue weighted by Gasteiger charge is 2.32. The van der Waals surface area contributed by atoms with Crippen molar-refractivity contribution in [3.8, 4) is 11.5 Å². The summed E-state index contributed by atoms with van der Waals surface area (Å²) in [5.74, 6) is -0.351. The lowest BCUT2D eigenvalue weighted by Crippen LogP contribution is -2.24. The van der Waals surface area contributed by atoms with Crippen LogP contribution in [0.3, 0.4) is 0 Å². The SMILES string of the molecule is I.NC(=NCc1cccc(OCC(F)F)c1)Nc1ccccc1OC(F)(F)F. The van der Waals surface area contributed by atoms with Crippen LogP contribution in [0.4, 0.5) is 27.6 Å². The Bertz CT molecular complexity index is 787. The largest absolute Gasteiger partial charge is 0.573 e. The number of aliphatic imine (C=N–C) groups is 1. The Hall–Kier alpha value is -2.31. The molecule has 0 aliphatic heterocycles. The molecule has 28 heavy (non-hydrogen) atoms. The van der Waals surface area contributed by atoms with Crippen LogP contribution in [0, 0.1) is 0 Å². The van der Waals surface area contributed by atoms with E-state index in [0.717, 1.165) is 6.07 Å². The van der Waals surface area contributed by atoms with Gasteiger partial charge in [-0.05, 0) is 29.8 Å². The molecule has 2 aromatic rings. The second kappa shape index (κ2) is 10.9. The average molecular weight is 517 g/mol. The lowest BCUT2D eigenvalue weighted by Gasteiger charge is -2.14. The highest BCUT2D eigenvalue weighted by Crippen LogP contribution is 2.29. The maximum Gasteiger partial charge on any atom is 0.573 e. The minimum Gasteiger partial charge on any atom is -0.488 e. The van der Waals surface area contributed by atoms with Crippen molar-refractivity contribution in [1.29, 1.82) is 0 Å². The molecule has 0 saturated heterocycles. The van der Waals surface area contributed by atoms with Gasteiger partial charge in [0.25, 0.3) is 6.43 Å². The highest BCUT2D eigenvalue weighted by atomic mass is 127. The molecule has 0 bridgehead atoms. The molecule has 0 unspecified atom stereocenters. The molecule has 0 amide bonds. The predicted octanol–water partition coefficient (Wildman–Crippen LogP) is 4.77. The van der Waals surface area contributed by atoms with Crippen molar-refractivity contribution in [3.63, 3.8) is 0 Å². The van der Waals surface area contributed by atoms with Crippen LogP contribution in [-0.2, 0) is 6.54 Å². The molecule has 5 nitrogen and oxygen atoms in total. The first kappa shape index (κ1) is 23.7. The first-order valence-electron chi connectivity index (χ1n) is 7.64. The summed E-state index contributed by atoms with van der Waals surface area (Å²) in [6.07, 6.45) is -7.44. The van der Waals surface area contributed by atoms with Gasteiger partial charge >= 0.3 is 6.36 Å². The molecule has 2 aromatic carbocycles. The van der Waals surface area contributed by atoms with Crippen molar-refractivity contribution in [3.05, 3.63) is 54.1 Å². The van der Waals surface area contributed by atoms with Crippen molar-refractivity contribution >= 4 is 35.6 Å². The Morgan fingerprint density at radius 2 is 1.82 bits per heavy atom. The number of alkyl halides is 5. The van der Waals surface area contributed by atoms with Gasteiger partial charge in [0.1, 0.15) is 12.4 Å². The van der Waals surface area contributed by atoms with E-state index in [0.29, 0.717) is 5.56 Å². The Labute approximate surface area is 174 Å². The van der Waals surface area contributed by atoms with Crippen molar-refractivity contribution in [2.75, 3.05) is 11.9 Å². The van der Waals surface area contributed by atoms with E-state index in [2.05, 4.69) is 15.0 Å². The van der Waals surface area contributed by atoms with Crippen molar-refractivity contribution in [2.24, 2.45) is 10.7 Å². The highest BCUT2D eigenvalue weighted by molar-refractivity contribution is 14.0. The summed E-state index contributed by atoms with van der Waals surface area (Å²) in [7, 11) is 0. The zero-order valence-electron chi connectivity index (χ0n) is 14.2. The number of rotatable bonds is 7. The molecular formula is C17H17F5IN3O2. The minimum absolute atomic E-state index is 0. The van der Waals surface area contributed by atoms with Crippen LogP contribution in [0.25, 0.3) is 0 Å². The molecule has 0 spiro atoms. The van der Waals surface area contributed by atoms with E-state index in [1.165, 1.54) is 30.3 Å². The second-order valence-electron chi connectivity index (χ2n) is 5.22. The van der Waals surface area contributed by atoms with Gasteiger partial charge in [-0.15, -0.1) is 37.1 Å². The van der Waals surface area contributed by atoms with Gasteiger partial charge in [-0.25, -0.2) is 13.8 Å². The third-order valence-corrected chi connectivity index (χ3v) is 3.08. The second-order valence-corrected chi connectivity index (χ2v) is 5.22. The number of para-hydroxylation sites is 2. The van der Waals surface area contributed by atoms with Gasteiger partial charge < -0.3 is 20.5 Å². The number of ether oxygens (including phenoxy) is 2. The Kier molecular flexibility index (Phi) is 9.22. The predicted molar refractivity (Wildman–Crippen MR) is 105 cm³/mol. The molecule has 154 valence electrons. The molecule has 3 N–H and O–H groups in total. The monoisotopic (exact) mass is 517 g/mol. The molecule has 0 heterocycles. The number of hydrogen-bond acceptors (Lipinski definition) is 3. The zero-order chi connectivity index (χ0) is 19.9. The molecule has 11 heteroatoms. The molecule has 2 rings (SSSR count). The Balaban J connectivity index is 0.00000392. The van der Waals surface area contributed by atoms with Gasteiger partial charge in [0.05, 0.1) is 12.2 Å². The Morgan fingerprint density at radius 1 is 1.11 bits per heavy atom. The van der Waals surface area contributed by atoms with Gasteiger partial charge in [0.2, 0.25) is 0 Å². The summed E-state index contributed by atoms with van der Waals surface area (Å²) in [4.78, 5) is 4.01. The number of anilines is 1. The van der Waals surface area contributed by atoms with E-state index >= 15 is 0 Å². The van der Waals surface area contributed by atoms with Gasteiger partial charge in [-0.2, -0.15) is 0 Å². The van der Waals surface area contributed by atoms with Gasteiger partial charge in [-0.1, -0.05) is 24.3 Å². The number of hydrogen-bond donors (Lipinski definition) is 2. The first-order chi connectivity index (χ1) is 12.7. The fourth-order valence-electron chi connectivity index (χ4n) is 2.03. The van der Waals surface area contributed by atoms with Crippen LogP contribution in [0.15, 0.2) is 53.5 Å². The quantitative estimate of drug-likeness (QED) is 0.240. The van der Waals surface area contributed by atoms with Crippen molar-refractivity contribution < 1.29 is 31.4 Å². The van der Waals surface area contributed by atoms with E-state index in [1.807, 2.05) is 0 Å².